The summed E-state index contributed by atoms with van der Waals surface area (Å²) >= 11 is 0. The van der Waals surface area contributed by atoms with Crippen LogP contribution < -0.4 is 4.72 Å². The zero-order chi connectivity index (χ0) is 14.5. The number of ether oxygens (including phenoxy) is 1. The molecule has 0 unspecified atom stereocenters. The smallest absolute Gasteiger partial charge is 0.323 e. The lowest BCUT2D eigenvalue weighted by Crippen LogP contribution is -2.39. The Bertz CT molecular complexity index is 608. The Morgan fingerprint density at radius 1 is 1.32 bits per heavy atom. The van der Waals surface area contributed by atoms with Crippen LogP contribution in [0.2, 0.25) is 0 Å². The van der Waals surface area contributed by atoms with Crippen LogP contribution in [0.15, 0.2) is 29.2 Å². The molecule has 0 bridgehead atoms. The summed E-state index contributed by atoms with van der Waals surface area (Å²) in [6.45, 7) is 3.12. The third kappa shape index (κ3) is 4.09. The van der Waals surface area contributed by atoms with Crippen LogP contribution in [-0.2, 0) is 19.6 Å². The van der Waals surface area contributed by atoms with Crippen LogP contribution in [-0.4, -0.2) is 27.5 Å². The quantitative estimate of drug-likeness (QED) is 0.657. The summed E-state index contributed by atoms with van der Waals surface area (Å²) in [6.07, 6.45) is 0. The highest BCUT2D eigenvalue weighted by Crippen LogP contribution is 2.10. The van der Waals surface area contributed by atoms with Crippen molar-refractivity contribution in [1.29, 1.82) is 0 Å². The summed E-state index contributed by atoms with van der Waals surface area (Å²) in [5.74, 6) is 4.89. The fraction of sp³-hybridized carbons (Fsp3) is 0.308. The number of benzene rings is 1. The molecule has 1 aromatic rings. The van der Waals surface area contributed by atoms with E-state index in [1.165, 1.54) is 26.2 Å². The second kappa shape index (κ2) is 6.36. The molecule has 0 saturated heterocycles. The van der Waals surface area contributed by atoms with Crippen molar-refractivity contribution in [3.63, 3.8) is 0 Å². The molecular weight excluding hydrogens is 266 g/mol. The van der Waals surface area contributed by atoms with Gasteiger partial charge >= 0.3 is 5.97 Å². The molecule has 5 nitrogen and oxygen atoms in total. The molecule has 6 heteroatoms. The van der Waals surface area contributed by atoms with E-state index in [9.17, 15) is 13.2 Å². The Morgan fingerprint density at radius 2 is 1.89 bits per heavy atom. The van der Waals surface area contributed by atoms with Crippen molar-refractivity contribution in [2.24, 2.45) is 0 Å². The van der Waals surface area contributed by atoms with Crippen molar-refractivity contribution in [3.05, 3.63) is 29.8 Å². The van der Waals surface area contributed by atoms with Gasteiger partial charge in [-0.1, -0.05) is 5.92 Å². The minimum absolute atomic E-state index is 0.0740. The number of rotatable bonds is 4. The van der Waals surface area contributed by atoms with Gasteiger partial charge in [-0.05, 0) is 38.1 Å². The van der Waals surface area contributed by atoms with E-state index in [1.807, 2.05) is 0 Å². The summed E-state index contributed by atoms with van der Waals surface area (Å²) in [5.41, 5.74) is 0.725. The van der Waals surface area contributed by atoms with Gasteiger partial charge in [-0.2, -0.15) is 4.72 Å². The largest absolute Gasteiger partial charge is 0.468 e. The molecule has 0 aromatic heterocycles. The fourth-order valence-corrected chi connectivity index (χ4v) is 2.58. The normalized spacial score (nSPS) is 12.2. The van der Waals surface area contributed by atoms with Gasteiger partial charge in [0.1, 0.15) is 6.04 Å². The summed E-state index contributed by atoms with van der Waals surface area (Å²) in [5, 5.41) is 0. The predicted octanol–water partition coefficient (Wildman–Crippen LogP) is 0.898. The molecule has 1 atom stereocenters. The number of hydrogen-bond acceptors (Lipinski definition) is 4. The van der Waals surface area contributed by atoms with Gasteiger partial charge in [0.15, 0.2) is 0 Å². The van der Waals surface area contributed by atoms with Crippen LogP contribution in [0.3, 0.4) is 0 Å². The van der Waals surface area contributed by atoms with Crippen LogP contribution in [0.5, 0.6) is 0 Å². The van der Waals surface area contributed by atoms with Gasteiger partial charge in [0.2, 0.25) is 10.0 Å². The van der Waals surface area contributed by atoms with Crippen LogP contribution in [0, 0.1) is 11.8 Å². The summed E-state index contributed by atoms with van der Waals surface area (Å²) in [6, 6.07) is 5.14. The summed E-state index contributed by atoms with van der Waals surface area (Å²) in [7, 11) is -2.55. The Labute approximate surface area is 113 Å². The first-order valence-electron chi connectivity index (χ1n) is 5.53. The van der Waals surface area contributed by atoms with Crippen LogP contribution in [0.1, 0.15) is 19.4 Å². The lowest BCUT2D eigenvalue weighted by molar-refractivity contribution is -0.142. The lowest BCUT2D eigenvalue weighted by atomic mass is 10.2. The fourth-order valence-electron chi connectivity index (χ4n) is 1.39. The molecule has 0 saturated carbocycles. The number of esters is 1. The van der Waals surface area contributed by atoms with E-state index in [0.717, 1.165) is 5.56 Å². The number of nitrogens with one attached hydrogen (secondary N) is 1. The molecule has 1 rings (SSSR count). The van der Waals surface area contributed by atoms with Crippen molar-refractivity contribution in [1.82, 2.24) is 4.72 Å². The van der Waals surface area contributed by atoms with Gasteiger partial charge in [-0.15, -0.1) is 5.92 Å². The van der Waals surface area contributed by atoms with Crippen molar-refractivity contribution < 1.29 is 17.9 Å². The summed E-state index contributed by atoms with van der Waals surface area (Å²) < 4.78 is 30.7. The van der Waals surface area contributed by atoms with Crippen molar-refractivity contribution in [2.75, 3.05) is 7.11 Å². The zero-order valence-electron chi connectivity index (χ0n) is 10.9. The van der Waals surface area contributed by atoms with E-state index in [0.29, 0.717) is 0 Å². The highest BCUT2D eigenvalue weighted by atomic mass is 32.2. The van der Waals surface area contributed by atoms with E-state index in [2.05, 4.69) is 21.3 Å². The summed E-state index contributed by atoms with van der Waals surface area (Å²) in [4.78, 5) is 11.3. The van der Waals surface area contributed by atoms with Gasteiger partial charge < -0.3 is 4.74 Å². The number of sulfonamides is 1. The zero-order valence-corrected chi connectivity index (χ0v) is 11.7. The van der Waals surface area contributed by atoms with Crippen molar-refractivity contribution in [3.8, 4) is 11.8 Å². The second-order valence-electron chi connectivity index (χ2n) is 3.77. The van der Waals surface area contributed by atoms with Crippen molar-refractivity contribution >= 4 is 16.0 Å². The van der Waals surface area contributed by atoms with Gasteiger partial charge in [0, 0.05) is 5.56 Å². The Kier molecular flexibility index (Phi) is 5.10. The SMILES string of the molecule is CC#Cc1ccc(S(=O)(=O)N[C@H](C)C(=O)OC)cc1. The molecule has 0 amide bonds. The average Bonchev–Trinajstić information content (AvgIpc) is 2.38. The van der Waals surface area contributed by atoms with Gasteiger partial charge in [-0.3, -0.25) is 4.79 Å². The molecular formula is C13H15NO4S. The van der Waals surface area contributed by atoms with Crippen LogP contribution in [0.25, 0.3) is 0 Å². The molecule has 0 heterocycles. The van der Waals surface area contributed by atoms with Crippen LogP contribution >= 0.6 is 0 Å². The molecule has 0 aliphatic heterocycles. The maximum atomic E-state index is 12.0. The first-order valence-corrected chi connectivity index (χ1v) is 7.02. The molecule has 0 spiro atoms. The maximum absolute atomic E-state index is 12.0. The van der Waals surface area contributed by atoms with E-state index in [4.69, 9.17) is 0 Å². The topological polar surface area (TPSA) is 72.5 Å². The van der Waals surface area contributed by atoms with E-state index in [1.54, 1.807) is 19.1 Å². The standard InChI is InChI=1S/C13H15NO4S/c1-4-5-11-6-8-12(9-7-11)19(16,17)14-10(2)13(15)18-3/h6-10,14H,1-3H3/t10-/m1/s1. The molecule has 0 aliphatic rings. The first kappa shape index (κ1) is 15.2. The molecule has 1 aromatic carbocycles. The van der Waals surface area contributed by atoms with Crippen LogP contribution in [0.4, 0.5) is 0 Å². The molecule has 19 heavy (non-hydrogen) atoms. The minimum atomic E-state index is -3.75. The molecule has 0 aliphatic carbocycles. The highest BCUT2D eigenvalue weighted by Gasteiger charge is 2.22. The number of hydrogen-bond donors (Lipinski definition) is 1. The minimum Gasteiger partial charge on any atom is -0.468 e. The van der Waals surface area contributed by atoms with E-state index >= 15 is 0 Å². The lowest BCUT2D eigenvalue weighted by Gasteiger charge is -2.12. The van der Waals surface area contributed by atoms with Gasteiger partial charge in [0.05, 0.1) is 12.0 Å². The van der Waals surface area contributed by atoms with Gasteiger partial charge in [0.25, 0.3) is 0 Å². The molecule has 1 N–H and O–H groups in total. The number of methoxy groups -OCH3 is 1. The maximum Gasteiger partial charge on any atom is 0.323 e. The number of carbonyl (C=O) groups excluding carboxylic acids is 1. The molecule has 0 radical (unpaired) electrons. The third-order valence-electron chi connectivity index (χ3n) is 2.32. The Balaban J connectivity index is 2.93. The first-order chi connectivity index (χ1) is 8.90. The monoisotopic (exact) mass is 281 g/mol. The Morgan fingerprint density at radius 3 is 2.37 bits per heavy atom. The second-order valence-corrected chi connectivity index (χ2v) is 5.48. The van der Waals surface area contributed by atoms with E-state index in [-0.39, 0.29) is 4.90 Å². The predicted molar refractivity (Wildman–Crippen MR) is 70.8 cm³/mol. The highest BCUT2D eigenvalue weighted by molar-refractivity contribution is 7.89. The average molecular weight is 281 g/mol. The third-order valence-corrected chi connectivity index (χ3v) is 3.88. The number of carbonyl (C=O) groups is 1. The molecule has 102 valence electrons. The van der Waals surface area contributed by atoms with Gasteiger partial charge in [-0.25, -0.2) is 8.42 Å². The molecule has 0 fully saturated rings. The van der Waals surface area contributed by atoms with Crippen molar-refractivity contribution in [2.45, 2.75) is 24.8 Å². The van der Waals surface area contributed by atoms with E-state index < -0.39 is 22.0 Å². The Hall–Kier alpha value is -1.84.